The number of benzene rings is 2. The van der Waals surface area contributed by atoms with Crippen LogP contribution in [0.4, 0.5) is 13.2 Å². The van der Waals surface area contributed by atoms with Crippen molar-refractivity contribution >= 4 is 33.3 Å². The summed E-state index contributed by atoms with van der Waals surface area (Å²) >= 11 is 3.22. The number of fused-ring (bicyclic) bond motifs is 1. The lowest BCUT2D eigenvalue weighted by molar-refractivity contribution is -0.137. The predicted octanol–water partition coefficient (Wildman–Crippen LogP) is 5.25. The van der Waals surface area contributed by atoms with Crippen LogP contribution >= 0.6 is 23.1 Å². The Balaban J connectivity index is 1.38. The van der Waals surface area contributed by atoms with Crippen LogP contribution in [0.25, 0.3) is 10.2 Å². The fraction of sp³-hybridized carbons (Fsp3) is 0.167. The molecule has 0 aliphatic carbocycles. The number of aromatic nitrogens is 4. The van der Waals surface area contributed by atoms with E-state index >= 15 is 0 Å². The van der Waals surface area contributed by atoms with Crippen molar-refractivity contribution in [2.75, 3.05) is 0 Å². The number of halogens is 3. The van der Waals surface area contributed by atoms with E-state index in [1.807, 2.05) is 24.3 Å². The second-order valence-corrected chi connectivity index (χ2v) is 8.09. The second-order valence-electron chi connectivity index (χ2n) is 5.84. The lowest BCUT2D eigenvalue weighted by Gasteiger charge is -2.07. The van der Waals surface area contributed by atoms with Crippen molar-refractivity contribution in [2.24, 2.45) is 0 Å². The standard InChI is InChI=1S/C18H13F3N4S2/c19-18(20,21)13-7-5-12(6-8-13)9-25-10-14(23-24-25)11-26-17-22-15-3-1-2-4-16(15)27-17/h1-8,10H,9,11H2. The molecule has 4 nitrogen and oxygen atoms in total. The molecular weight excluding hydrogens is 393 g/mol. The van der Waals surface area contributed by atoms with Crippen LogP contribution in [0.15, 0.2) is 59.1 Å². The van der Waals surface area contributed by atoms with E-state index in [1.54, 1.807) is 34.0 Å². The van der Waals surface area contributed by atoms with Crippen molar-refractivity contribution in [3.63, 3.8) is 0 Å². The van der Waals surface area contributed by atoms with Gasteiger partial charge in [0.1, 0.15) is 0 Å². The first-order valence-electron chi connectivity index (χ1n) is 8.01. The van der Waals surface area contributed by atoms with Crippen LogP contribution in [0.1, 0.15) is 16.8 Å². The first-order chi connectivity index (χ1) is 13.0. The molecule has 4 aromatic rings. The van der Waals surface area contributed by atoms with E-state index in [0.717, 1.165) is 37.9 Å². The number of nitrogens with zero attached hydrogens (tertiary/aromatic N) is 4. The highest BCUT2D eigenvalue weighted by Crippen LogP contribution is 2.31. The lowest BCUT2D eigenvalue weighted by atomic mass is 10.1. The zero-order valence-electron chi connectivity index (χ0n) is 13.8. The van der Waals surface area contributed by atoms with E-state index in [0.29, 0.717) is 12.3 Å². The first kappa shape index (κ1) is 18.0. The van der Waals surface area contributed by atoms with Crippen molar-refractivity contribution in [1.82, 2.24) is 20.0 Å². The molecule has 0 radical (unpaired) electrons. The molecule has 0 unspecified atom stereocenters. The van der Waals surface area contributed by atoms with E-state index in [4.69, 9.17) is 0 Å². The summed E-state index contributed by atoms with van der Waals surface area (Å²) in [7, 11) is 0. The highest BCUT2D eigenvalue weighted by atomic mass is 32.2. The van der Waals surface area contributed by atoms with Gasteiger partial charge in [0, 0.05) is 11.9 Å². The van der Waals surface area contributed by atoms with Gasteiger partial charge in [-0.05, 0) is 29.8 Å². The number of thiazole rings is 1. The summed E-state index contributed by atoms with van der Waals surface area (Å²) in [6.07, 6.45) is -2.52. The van der Waals surface area contributed by atoms with Gasteiger partial charge in [-0.2, -0.15) is 13.2 Å². The maximum Gasteiger partial charge on any atom is 0.416 e. The van der Waals surface area contributed by atoms with Gasteiger partial charge in [0.05, 0.1) is 28.0 Å². The molecule has 2 aromatic carbocycles. The Morgan fingerprint density at radius 2 is 1.81 bits per heavy atom. The van der Waals surface area contributed by atoms with Crippen LogP contribution in [0.2, 0.25) is 0 Å². The summed E-state index contributed by atoms with van der Waals surface area (Å²) in [5.41, 5.74) is 1.86. The molecule has 0 bridgehead atoms. The molecule has 0 saturated heterocycles. The molecule has 0 atom stereocenters. The summed E-state index contributed by atoms with van der Waals surface area (Å²) in [5.74, 6) is 0.632. The van der Waals surface area contributed by atoms with Gasteiger partial charge in [-0.1, -0.05) is 41.2 Å². The fourth-order valence-electron chi connectivity index (χ4n) is 2.52. The molecule has 0 amide bonds. The Labute approximate surface area is 161 Å². The van der Waals surface area contributed by atoms with Crippen LogP contribution < -0.4 is 0 Å². The Morgan fingerprint density at radius 1 is 1.04 bits per heavy atom. The third-order valence-corrected chi connectivity index (χ3v) is 6.04. The topological polar surface area (TPSA) is 43.6 Å². The number of para-hydroxylation sites is 1. The largest absolute Gasteiger partial charge is 0.416 e. The van der Waals surface area contributed by atoms with Gasteiger partial charge in [0.25, 0.3) is 0 Å². The van der Waals surface area contributed by atoms with E-state index in [9.17, 15) is 13.2 Å². The smallest absolute Gasteiger partial charge is 0.248 e. The number of rotatable bonds is 5. The summed E-state index contributed by atoms with van der Waals surface area (Å²) in [6, 6.07) is 13.0. The van der Waals surface area contributed by atoms with Crippen molar-refractivity contribution in [1.29, 1.82) is 0 Å². The van der Waals surface area contributed by atoms with Crippen LogP contribution in [-0.4, -0.2) is 20.0 Å². The van der Waals surface area contributed by atoms with Gasteiger partial charge in [-0.3, -0.25) is 0 Å². The molecule has 27 heavy (non-hydrogen) atoms. The van der Waals surface area contributed by atoms with Crippen LogP contribution in [0, 0.1) is 0 Å². The van der Waals surface area contributed by atoms with Crippen LogP contribution in [0.5, 0.6) is 0 Å². The van der Waals surface area contributed by atoms with Gasteiger partial charge in [0.2, 0.25) is 0 Å². The van der Waals surface area contributed by atoms with E-state index in [2.05, 4.69) is 15.3 Å². The molecule has 0 aliphatic heterocycles. The molecular formula is C18H13F3N4S2. The highest BCUT2D eigenvalue weighted by molar-refractivity contribution is 8.00. The zero-order valence-corrected chi connectivity index (χ0v) is 15.5. The second kappa shape index (κ2) is 7.32. The monoisotopic (exact) mass is 406 g/mol. The Kier molecular flexibility index (Phi) is 4.88. The van der Waals surface area contributed by atoms with E-state index in [1.165, 1.54) is 12.1 Å². The summed E-state index contributed by atoms with van der Waals surface area (Å²) in [6.45, 7) is 0.372. The van der Waals surface area contributed by atoms with Crippen molar-refractivity contribution < 1.29 is 13.2 Å². The summed E-state index contributed by atoms with van der Waals surface area (Å²) in [5, 5.41) is 8.18. The van der Waals surface area contributed by atoms with Crippen molar-refractivity contribution in [3.8, 4) is 0 Å². The molecule has 9 heteroatoms. The third-order valence-electron chi connectivity index (χ3n) is 3.83. The molecule has 0 spiro atoms. The molecule has 138 valence electrons. The number of hydrogen-bond donors (Lipinski definition) is 0. The Bertz CT molecular complexity index is 1020. The average Bonchev–Trinajstić information content (AvgIpc) is 3.25. The number of hydrogen-bond acceptors (Lipinski definition) is 5. The number of alkyl halides is 3. The van der Waals surface area contributed by atoms with E-state index < -0.39 is 11.7 Å². The van der Waals surface area contributed by atoms with Crippen molar-refractivity contribution in [2.45, 2.75) is 22.8 Å². The molecule has 2 heterocycles. The molecule has 0 fully saturated rings. The quantitative estimate of drug-likeness (QED) is 0.425. The van der Waals surface area contributed by atoms with Gasteiger partial charge in [0.15, 0.2) is 4.34 Å². The predicted molar refractivity (Wildman–Crippen MR) is 99.7 cm³/mol. The summed E-state index contributed by atoms with van der Waals surface area (Å²) in [4.78, 5) is 4.56. The van der Waals surface area contributed by atoms with Gasteiger partial charge >= 0.3 is 6.18 Å². The third kappa shape index (κ3) is 4.30. The molecule has 0 N–H and O–H groups in total. The zero-order chi connectivity index (χ0) is 18.9. The van der Waals surface area contributed by atoms with Gasteiger partial charge in [-0.15, -0.1) is 16.4 Å². The van der Waals surface area contributed by atoms with Crippen LogP contribution in [-0.2, 0) is 18.5 Å². The SMILES string of the molecule is FC(F)(F)c1ccc(Cn2cc(CSc3nc4ccccc4s3)nn2)cc1. The minimum Gasteiger partial charge on any atom is -0.248 e. The molecule has 0 saturated carbocycles. The maximum absolute atomic E-state index is 12.6. The Morgan fingerprint density at radius 3 is 2.56 bits per heavy atom. The minimum atomic E-state index is -4.32. The Hall–Kier alpha value is -2.39. The summed E-state index contributed by atoms with van der Waals surface area (Å²) < 4.78 is 41.6. The van der Waals surface area contributed by atoms with Crippen LogP contribution in [0.3, 0.4) is 0 Å². The maximum atomic E-state index is 12.6. The van der Waals surface area contributed by atoms with Crippen molar-refractivity contribution in [3.05, 3.63) is 71.5 Å². The average molecular weight is 406 g/mol. The fourth-order valence-corrected chi connectivity index (χ4v) is 4.46. The molecule has 4 rings (SSSR count). The molecule has 2 aromatic heterocycles. The minimum absolute atomic E-state index is 0.372. The van der Waals surface area contributed by atoms with Gasteiger partial charge < -0.3 is 0 Å². The number of thioether (sulfide) groups is 1. The first-order valence-corrected chi connectivity index (χ1v) is 9.81. The highest BCUT2D eigenvalue weighted by Gasteiger charge is 2.29. The van der Waals surface area contributed by atoms with E-state index in [-0.39, 0.29) is 0 Å². The lowest BCUT2D eigenvalue weighted by Crippen LogP contribution is -2.05. The normalized spacial score (nSPS) is 12.0. The van der Waals surface area contributed by atoms with Gasteiger partial charge in [-0.25, -0.2) is 9.67 Å². The molecule has 0 aliphatic rings.